The van der Waals surface area contributed by atoms with Crippen LogP contribution in [-0.2, 0) is 0 Å². The highest BCUT2D eigenvalue weighted by molar-refractivity contribution is 5.27. The van der Waals surface area contributed by atoms with E-state index in [2.05, 4.69) is 26.2 Å². The van der Waals surface area contributed by atoms with E-state index >= 15 is 0 Å². The zero-order valence-electron chi connectivity index (χ0n) is 10.1. The van der Waals surface area contributed by atoms with Gasteiger partial charge in [-0.1, -0.05) is 12.8 Å². The fraction of sp³-hybridized carbons (Fsp3) is 0.545. The number of aromatic nitrogens is 3. The van der Waals surface area contributed by atoms with Crippen molar-refractivity contribution in [1.82, 2.24) is 15.0 Å². The van der Waals surface area contributed by atoms with Crippen molar-refractivity contribution in [2.75, 3.05) is 25.1 Å². The summed E-state index contributed by atoms with van der Waals surface area (Å²) < 4.78 is 10.5. The Morgan fingerprint density at radius 3 is 2.47 bits per heavy atom. The maximum absolute atomic E-state index is 5.33. The van der Waals surface area contributed by atoms with Gasteiger partial charge in [0.15, 0.2) is 6.61 Å². The van der Waals surface area contributed by atoms with Crippen molar-refractivity contribution in [2.24, 2.45) is 0 Å². The van der Waals surface area contributed by atoms with E-state index in [-0.39, 0.29) is 18.6 Å². The largest absolute Gasteiger partial charge is 0.463 e. The van der Waals surface area contributed by atoms with E-state index in [1.807, 2.05) is 13.8 Å². The average molecular weight is 236 g/mol. The normalized spacial score (nSPS) is 9.47. The Kier molecular flexibility index (Phi) is 5.58. The SMILES string of the molecule is C#CCOc1nc(NCC)nc(OCCC)n1. The highest BCUT2D eigenvalue weighted by atomic mass is 16.5. The third-order valence-corrected chi connectivity index (χ3v) is 1.65. The lowest BCUT2D eigenvalue weighted by Gasteiger charge is -2.07. The molecule has 1 heterocycles. The quantitative estimate of drug-likeness (QED) is 0.715. The molecule has 1 N–H and O–H groups in total. The maximum Gasteiger partial charge on any atom is 0.325 e. The van der Waals surface area contributed by atoms with E-state index in [0.717, 1.165) is 6.42 Å². The molecular weight excluding hydrogens is 220 g/mol. The van der Waals surface area contributed by atoms with Crippen LogP contribution in [0.15, 0.2) is 0 Å². The Bertz CT molecular complexity index is 390. The molecule has 0 spiro atoms. The van der Waals surface area contributed by atoms with Gasteiger partial charge in [0.2, 0.25) is 5.95 Å². The molecular formula is C11H16N4O2. The van der Waals surface area contributed by atoms with Crippen molar-refractivity contribution < 1.29 is 9.47 Å². The first-order chi connectivity index (χ1) is 8.30. The minimum absolute atomic E-state index is 0.114. The van der Waals surface area contributed by atoms with Gasteiger partial charge >= 0.3 is 12.0 Å². The Hall–Kier alpha value is -2.03. The first kappa shape index (κ1) is 13.0. The molecule has 0 bridgehead atoms. The van der Waals surface area contributed by atoms with Crippen molar-refractivity contribution in [1.29, 1.82) is 0 Å². The Labute approximate surface area is 101 Å². The number of rotatable bonds is 7. The first-order valence-electron chi connectivity index (χ1n) is 5.49. The molecule has 0 aliphatic carbocycles. The predicted octanol–water partition coefficient (Wildman–Crippen LogP) is 1.10. The first-order valence-corrected chi connectivity index (χ1v) is 5.49. The van der Waals surface area contributed by atoms with Gasteiger partial charge in [-0.2, -0.15) is 9.97 Å². The van der Waals surface area contributed by atoms with E-state index in [0.29, 0.717) is 19.1 Å². The minimum Gasteiger partial charge on any atom is -0.463 e. The van der Waals surface area contributed by atoms with Crippen LogP contribution in [0.1, 0.15) is 20.3 Å². The van der Waals surface area contributed by atoms with Crippen molar-refractivity contribution in [2.45, 2.75) is 20.3 Å². The van der Waals surface area contributed by atoms with Gasteiger partial charge < -0.3 is 14.8 Å². The molecule has 1 aromatic rings. The van der Waals surface area contributed by atoms with Crippen LogP contribution in [0, 0.1) is 12.3 Å². The number of nitrogens with zero attached hydrogens (tertiary/aromatic N) is 3. The molecule has 0 aliphatic rings. The smallest absolute Gasteiger partial charge is 0.325 e. The molecule has 0 atom stereocenters. The van der Waals surface area contributed by atoms with Crippen molar-refractivity contribution in [3.8, 4) is 24.4 Å². The molecule has 0 fully saturated rings. The lowest BCUT2D eigenvalue weighted by molar-refractivity contribution is 0.276. The molecule has 1 rings (SSSR count). The lowest BCUT2D eigenvalue weighted by atomic mass is 10.5. The molecule has 0 unspecified atom stereocenters. The standard InChI is InChI=1S/C11H16N4O2/c1-4-7-16-10-13-9(12-6-3)14-11(15-10)17-8-5-2/h1H,5-8H2,2-3H3,(H,12,13,14,15). The molecule has 17 heavy (non-hydrogen) atoms. The van der Waals surface area contributed by atoms with Crippen LogP contribution in [-0.4, -0.2) is 34.7 Å². The highest BCUT2D eigenvalue weighted by Gasteiger charge is 2.07. The van der Waals surface area contributed by atoms with Crippen LogP contribution < -0.4 is 14.8 Å². The summed E-state index contributed by atoms with van der Waals surface area (Å²) in [5.41, 5.74) is 0. The van der Waals surface area contributed by atoms with Crippen LogP contribution in [0.5, 0.6) is 12.0 Å². The van der Waals surface area contributed by atoms with Gasteiger partial charge in [-0.25, -0.2) is 0 Å². The van der Waals surface area contributed by atoms with Crippen LogP contribution in [0.4, 0.5) is 5.95 Å². The molecule has 1 aromatic heterocycles. The molecule has 6 nitrogen and oxygen atoms in total. The second kappa shape index (κ2) is 7.28. The number of nitrogens with one attached hydrogen (secondary N) is 1. The molecule has 0 saturated carbocycles. The number of terminal acetylenes is 1. The summed E-state index contributed by atoms with van der Waals surface area (Å²) in [6.45, 7) is 5.30. The van der Waals surface area contributed by atoms with E-state index in [1.54, 1.807) is 0 Å². The number of anilines is 1. The second-order valence-corrected chi connectivity index (χ2v) is 3.10. The number of hydrogen-bond acceptors (Lipinski definition) is 6. The Morgan fingerprint density at radius 1 is 1.18 bits per heavy atom. The van der Waals surface area contributed by atoms with Crippen LogP contribution in [0.3, 0.4) is 0 Å². The van der Waals surface area contributed by atoms with Crippen molar-refractivity contribution in [3.63, 3.8) is 0 Å². The van der Waals surface area contributed by atoms with Gasteiger partial charge in [-0.3, -0.25) is 0 Å². The topological polar surface area (TPSA) is 69.2 Å². The molecule has 0 amide bonds. The summed E-state index contributed by atoms with van der Waals surface area (Å²) in [5.74, 6) is 2.76. The van der Waals surface area contributed by atoms with Gasteiger partial charge in [0.1, 0.15) is 0 Å². The fourth-order valence-electron chi connectivity index (χ4n) is 1.00. The van der Waals surface area contributed by atoms with Gasteiger partial charge in [-0.05, 0) is 13.3 Å². The summed E-state index contributed by atoms with van der Waals surface area (Å²) in [4.78, 5) is 12.1. The minimum atomic E-state index is 0.114. The van der Waals surface area contributed by atoms with Crippen LogP contribution in [0.25, 0.3) is 0 Å². The highest BCUT2D eigenvalue weighted by Crippen LogP contribution is 2.12. The zero-order chi connectivity index (χ0) is 12.5. The summed E-state index contributed by atoms with van der Waals surface area (Å²) in [6.07, 6.45) is 5.98. The zero-order valence-corrected chi connectivity index (χ0v) is 10.1. The fourth-order valence-corrected chi connectivity index (χ4v) is 1.00. The maximum atomic E-state index is 5.33. The van der Waals surface area contributed by atoms with E-state index in [1.165, 1.54) is 0 Å². The Morgan fingerprint density at radius 2 is 1.88 bits per heavy atom. The molecule has 0 saturated heterocycles. The third-order valence-electron chi connectivity index (χ3n) is 1.65. The predicted molar refractivity (Wildman–Crippen MR) is 64.1 cm³/mol. The van der Waals surface area contributed by atoms with Crippen LogP contribution in [0.2, 0.25) is 0 Å². The van der Waals surface area contributed by atoms with Gasteiger partial charge in [0.25, 0.3) is 0 Å². The summed E-state index contributed by atoms with van der Waals surface area (Å²) >= 11 is 0. The van der Waals surface area contributed by atoms with E-state index in [4.69, 9.17) is 15.9 Å². The van der Waals surface area contributed by atoms with Crippen LogP contribution >= 0.6 is 0 Å². The monoisotopic (exact) mass is 236 g/mol. The number of hydrogen-bond donors (Lipinski definition) is 1. The van der Waals surface area contributed by atoms with E-state index < -0.39 is 0 Å². The molecule has 0 aromatic carbocycles. The second-order valence-electron chi connectivity index (χ2n) is 3.10. The van der Waals surface area contributed by atoms with Gasteiger partial charge in [0, 0.05) is 6.54 Å². The third kappa shape index (κ3) is 4.55. The average Bonchev–Trinajstić information content (AvgIpc) is 2.34. The Balaban J connectivity index is 2.80. The summed E-state index contributed by atoms with van der Waals surface area (Å²) in [5, 5.41) is 2.97. The summed E-state index contributed by atoms with van der Waals surface area (Å²) in [7, 11) is 0. The molecule has 0 radical (unpaired) electrons. The molecule has 92 valence electrons. The van der Waals surface area contributed by atoms with Crippen molar-refractivity contribution in [3.05, 3.63) is 0 Å². The summed E-state index contributed by atoms with van der Waals surface area (Å²) in [6, 6.07) is 0.407. The molecule has 0 aliphatic heterocycles. The van der Waals surface area contributed by atoms with Gasteiger partial charge in [-0.15, -0.1) is 11.4 Å². The lowest BCUT2D eigenvalue weighted by Crippen LogP contribution is -2.09. The van der Waals surface area contributed by atoms with Crippen molar-refractivity contribution >= 4 is 5.95 Å². The molecule has 6 heteroatoms. The van der Waals surface area contributed by atoms with E-state index in [9.17, 15) is 0 Å². The number of ether oxygens (including phenoxy) is 2. The van der Waals surface area contributed by atoms with Gasteiger partial charge in [0.05, 0.1) is 6.61 Å².